The van der Waals surface area contributed by atoms with Crippen LogP contribution in [0.3, 0.4) is 0 Å². The fourth-order valence-corrected chi connectivity index (χ4v) is 1.87. The Balaban J connectivity index is 0.00000144. The van der Waals surface area contributed by atoms with Crippen LogP contribution >= 0.6 is 23.7 Å². The van der Waals surface area contributed by atoms with Gasteiger partial charge in [0.15, 0.2) is 0 Å². The van der Waals surface area contributed by atoms with Crippen molar-refractivity contribution >= 4 is 29.7 Å². The summed E-state index contributed by atoms with van der Waals surface area (Å²) in [6.07, 6.45) is 0. The van der Waals surface area contributed by atoms with Gasteiger partial charge < -0.3 is 0 Å². The van der Waals surface area contributed by atoms with Crippen molar-refractivity contribution in [2.75, 3.05) is 0 Å². The molecule has 0 saturated carbocycles. The Labute approximate surface area is 87.7 Å². The molecule has 0 saturated heterocycles. The van der Waals surface area contributed by atoms with Crippen LogP contribution in [0, 0.1) is 6.92 Å². The second kappa shape index (κ2) is 5.21. The topological polar surface area (TPSA) is 55.1 Å². The molecule has 1 atom stereocenters. The zero-order chi connectivity index (χ0) is 9.14. The molecule has 0 spiro atoms. The molecular weight excluding hydrogens is 208 g/mol. The van der Waals surface area contributed by atoms with E-state index in [9.17, 15) is 4.79 Å². The number of rotatable bonds is 2. The molecule has 3 nitrogen and oxygen atoms in total. The van der Waals surface area contributed by atoms with Gasteiger partial charge in [0.05, 0.1) is 5.92 Å². The third-order valence-electron chi connectivity index (χ3n) is 1.72. The van der Waals surface area contributed by atoms with E-state index in [1.807, 2.05) is 26.0 Å². The molecule has 13 heavy (non-hydrogen) atoms. The van der Waals surface area contributed by atoms with Crippen molar-refractivity contribution in [2.45, 2.75) is 19.8 Å². The van der Waals surface area contributed by atoms with Gasteiger partial charge in [0.1, 0.15) is 0 Å². The van der Waals surface area contributed by atoms with Crippen LogP contribution in [0.25, 0.3) is 0 Å². The number of nitrogens with two attached hydrogens (primary N) is 1. The third-order valence-corrected chi connectivity index (χ3v) is 2.91. The number of carbonyl (C=O) groups excluding carboxylic acids is 1. The van der Waals surface area contributed by atoms with Gasteiger partial charge in [0, 0.05) is 9.75 Å². The maximum Gasteiger partial charge on any atom is 0.241 e. The zero-order valence-electron chi connectivity index (χ0n) is 7.53. The van der Waals surface area contributed by atoms with Crippen molar-refractivity contribution < 1.29 is 4.79 Å². The number of halogens is 1. The van der Waals surface area contributed by atoms with Crippen LogP contribution in [0.4, 0.5) is 0 Å². The van der Waals surface area contributed by atoms with E-state index in [1.165, 1.54) is 4.88 Å². The maximum absolute atomic E-state index is 11.1. The Morgan fingerprint density at radius 1 is 1.62 bits per heavy atom. The predicted octanol–water partition coefficient (Wildman–Crippen LogP) is 1.57. The molecule has 5 heteroatoms. The second-order valence-electron chi connectivity index (χ2n) is 2.68. The van der Waals surface area contributed by atoms with Crippen LogP contribution < -0.4 is 11.3 Å². The highest BCUT2D eigenvalue weighted by atomic mass is 35.5. The van der Waals surface area contributed by atoms with Gasteiger partial charge in [-0.05, 0) is 26.0 Å². The maximum atomic E-state index is 11.1. The molecule has 3 N–H and O–H groups in total. The van der Waals surface area contributed by atoms with Crippen LogP contribution in [0.5, 0.6) is 0 Å². The number of carbonyl (C=O) groups is 1. The van der Waals surface area contributed by atoms with Gasteiger partial charge in [-0.1, -0.05) is 0 Å². The van der Waals surface area contributed by atoms with Crippen LogP contribution in [-0.4, -0.2) is 5.91 Å². The SMILES string of the molecule is Cc1ccc(C(C)C(=O)NN)s1.Cl. The Morgan fingerprint density at radius 2 is 2.23 bits per heavy atom. The van der Waals surface area contributed by atoms with E-state index in [1.54, 1.807) is 11.3 Å². The number of hydrazine groups is 1. The minimum atomic E-state index is -0.145. The van der Waals surface area contributed by atoms with Gasteiger partial charge in [0.25, 0.3) is 0 Å². The lowest BCUT2D eigenvalue weighted by Gasteiger charge is -2.05. The monoisotopic (exact) mass is 220 g/mol. The Morgan fingerprint density at radius 3 is 2.62 bits per heavy atom. The third kappa shape index (κ3) is 2.99. The molecule has 0 aliphatic heterocycles. The summed E-state index contributed by atoms with van der Waals surface area (Å²) >= 11 is 1.62. The fraction of sp³-hybridized carbons (Fsp3) is 0.375. The molecule has 1 aromatic rings. The first-order valence-corrected chi connectivity index (χ1v) is 4.53. The fourth-order valence-electron chi connectivity index (χ4n) is 0.940. The van der Waals surface area contributed by atoms with Gasteiger partial charge in [0.2, 0.25) is 5.91 Å². The van der Waals surface area contributed by atoms with Crippen LogP contribution in [0.2, 0.25) is 0 Å². The number of thiophene rings is 1. The largest absolute Gasteiger partial charge is 0.294 e. The molecule has 1 unspecified atom stereocenters. The Kier molecular flexibility index (Phi) is 4.98. The summed E-state index contributed by atoms with van der Waals surface area (Å²) in [5.41, 5.74) is 2.14. The van der Waals surface area contributed by atoms with Gasteiger partial charge in [-0.15, -0.1) is 23.7 Å². The standard InChI is InChI=1S/C8H12N2OS.ClH/c1-5-3-4-7(12-5)6(2)8(11)10-9;/h3-4,6H,9H2,1-2H3,(H,10,11);1H. The highest BCUT2D eigenvalue weighted by Crippen LogP contribution is 2.23. The highest BCUT2D eigenvalue weighted by Gasteiger charge is 2.14. The van der Waals surface area contributed by atoms with Crippen molar-refractivity contribution in [3.63, 3.8) is 0 Å². The van der Waals surface area contributed by atoms with Gasteiger partial charge in [-0.2, -0.15) is 0 Å². The lowest BCUT2D eigenvalue weighted by atomic mass is 10.1. The van der Waals surface area contributed by atoms with Crippen LogP contribution in [0.1, 0.15) is 22.6 Å². The first-order valence-electron chi connectivity index (χ1n) is 3.72. The van der Waals surface area contributed by atoms with E-state index in [-0.39, 0.29) is 24.2 Å². The van der Waals surface area contributed by atoms with Crippen molar-refractivity contribution in [3.8, 4) is 0 Å². The number of amides is 1. The molecule has 1 rings (SSSR count). The molecule has 0 aliphatic carbocycles. The summed E-state index contributed by atoms with van der Waals surface area (Å²) in [7, 11) is 0. The lowest BCUT2D eigenvalue weighted by molar-refractivity contribution is -0.122. The number of aryl methyl sites for hydroxylation is 1. The molecule has 1 heterocycles. The van der Waals surface area contributed by atoms with Crippen molar-refractivity contribution in [2.24, 2.45) is 5.84 Å². The van der Waals surface area contributed by atoms with Crippen molar-refractivity contribution in [1.82, 2.24) is 5.43 Å². The molecule has 0 radical (unpaired) electrons. The predicted molar refractivity (Wildman–Crippen MR) is 57.0 cm³/mol. The van der Waals surface area contributed by atoms with Crippen molar-refractivity contribution in [1.29, 1.82) is 0 Å². The minimum Gasteiger partial charge on any atom is -0.294 e. The molecule has 74 valence electrons. The highest BCUT2D eigenvalue weighted by molar-refractivity contribution is 7.12. The number of hydrogen-bond acceptors (Lipinski definition) is 3. The van der Waals surface area contributed by atoms with Crippen molar-refractivity contribution in [3.05, 3.63) is 21.9 Å². The molecule has 0 aromatic carbocycles. The molecule has 1 amide bonds. The molecular formula is C8H13ClN2OS. The average molecular weight is 221 g/mol. The van der Waals surface area contributed by atoms with Gasteiger partial charge >= 0.3 is 0 Å². The summed E-state index contributed by atoms with van der Waals surface area (Å²) in [5.74, 6) is 4.74. The van der Waals surface area contributed by atoms with Crippen LogP contribution in [-0.2, 0) is 4.79 Å². The lowest BCUT2D eigenvalue weighted by Crippen LogP contribution is -2.33. The number of nitrogens with one attached hydrogen (secondary N) is 1. The van der Waals surface area contributed by atoms with E-state index in [2.05, 4.69) is 5.43 Å². The normalized spacial score (nSPS) is 11.6. The minimum absolute atomic E-state index is 0. The van der Waals surface area contributed by atoms with E-state index < -0.39 is 0 Å². The Hall–Kier alpha value is -0.580. The number of hydrogen-bond donors (Lipinski definition) is 2. The molecule has 0 fully saturated rings. The molecule has 0 bridgehead atoms. The summed E-state index contributed by atoms with van der Waals surface area (Å²) < 4.78 is 0. The van der Waals surface area contributed by atoms with Gasteiger partial charge in [-0.3, -0.25) is 10.2 Å². The summed E-state index contributed by atoms with van der Waals surface area (Å²) in [4.78, 5) is 13.4. The van der Waals surface area contributed by atoms with E-state index >= 15 is 0 Å². The first-order chi connectivity index (χ1) is 5.65. The summed E-state index contributed by atoms with van der Waals surface area (Å²) in [5, 5.41) is 0. The zero-order valence-corrected chi connectivity index (χ0v) is 9.17. The van der Waals surface area contributed by atoms with E-state index in [0.717, 1.165) is 4.88 Å². The van der Waals surface area contributed by atoms with Crippen LogP contribution in [0.15, 0.2) is 12.1 Å². The van der Waals surface area contributed by atoms with E-state index in [4.69, 9.17) is 5.84 Å². The Bertz CT molecular complexity index is 287. The quantitative estimate of drug-likeness (QED) is 0.452. The smallest absolute Gasteiger partial charge is 0.241 e. The average Bonchev–Trinajstić information content (AvgIpc) is 2.49. The molecule has 0 aliphatic rings. The molecule has 1 aromatic heterocycles. The van der Waals surface area contributed by atoms with E-state index in [0.29, 0.717) is 0 Å². The van der Waals surface area contributed by atoms with Gasteiger partial charge in [-0.25, -0.2) is 5.84 Å². The summed E-state index contributed by atoms with van der Waals surface area (Å²) in [6, 6.07) is 3.96. The summed E-state index contributed by atoms with van der Waals surface area (Å²) in [6.45, 7) is 3.86. The first kappa shape index (κ1) is 12.4. The second-order valence-corrected chi connectivity index (χ2v) is 4.00.